The van der Waals surface area contributed by atoms with Crippen LogP contribution >= 0.6 is 0 Å². The number of ether oxygens (including phenoxy) is 3. The fraction of sp³-hybridized carbons (Fsp3) is 0.483. The summed E-state index contributed by atoms with van der Waals surface area (Å²) >= 11 is 0. The Morgan fingerprint density at radius 1 is 0.943 bits per heavy atom. The molecule has 0 spiro atoms. The number of cyclic esters (lactones) is 1. The second-order valence-electron chi connectivity index (χ2n) is 8.63. The van der Waals surface area contributed by atoms with Crippen LogP contribution in [0.15, 0.2) is 84.2 Å². The molecule has 2 N–H and O–H groups in total. The Balaban J connectivity index is 3.23. The molecule has 0 radical (unpaired) electrons. The lowest BCUT2D eigenvalue weighted by Gasteiger charge is -2.27. The maximum Gasteiger partial charge on any atom is 0.335 e. The van der Waals surface area contributed by atoms with Gasteiger partial charge in [0, 0.05) is 38.6 Å². The van der Waals surface area contributed by atoms with Gasteiger partial charge in [-0.05, 0) is 19.4 Å². The van der Waals surface area contributed by atoms with E-state index >= 15 is 0 Å². The van der Waals surface area contributed by atoms with E-state index in [0.29, 0.717) is 12.2 Å². The topological polar surface area (TPSA) is 85.2 Å². The van der Waals surface area contributed by atoms with Gasteiger partial charge in [-0.15, -0.1) is 0 Å². The predicted molar refractivity (Wildman–Crippen MR) is 140 cm³/mol. The number of carbonyl (C=O) groups excluding carboxylic acids is 1. The molecule has 0 aromatic heterocycles. The first-order valence-corrected chi connectivity index (χ1v) is 12.1. The van der Waals surface area contributed by atoms with Crippen molar-refractivity contribution in [2.24, 2.45) is 11.8 Å². The van der Waals surface area contributed by atoms with Gasteiger partial charge in [0.15, 0.2) is 0 Å². The van der Waals surface area contributed by atoms with Crippen molar-refractivity contribution < 1.29 is 29.2 Å². The van der Waals surface area contributed by atoms with Crippen molar-refractivity contribution in [3.63, 3.8) is 0 Å². The Hall–Kier alpha value is -2.51. The normalized spacial score (nSPS) is 31.0. The molecule has 0 saturated heterocycles. The summed E-state index contributed by atoms with van der Waals surface area (Å²) in [5, 5.41) is 21.3. The minimum absolute atomic E-state index is 0.0598. The average Bonchev–Trinajstić information content (AvgIpc) is 2.83. The van der Waals surface area contributed by atoms with Gasteiger partial charge in [0.1, 0.15) is 18.0 Å². The van der Waals surface area contributed by atoms with Gasteiger partial charge < -0.3 is 24.4 Å². The molecular weight excluding hydrogens is 444 g/mol. The quantitative estimate of drug-likeness (QED) is 0.432. The van der Waals surface area contributed by atoms with Gasteiger partial charge in [0.25, 0.3) is 0 Å². The lowest BCUT2D eigenvalue weighted by Crippen LogP contribution is -2.40. The van der Waals surface area contributed by atoms with Crippen molar-refractivity contribution in [1.82, 2.24) is 0 Å². The maximum atomic E-state index is 12.2. The lowest BCUT2D eigenvalue weighted by molar-refractivity contribution is -0.133. The highest BCUT2D eigenvalue weighted by atomic mass is 16.5. The number of methoxy groups -OCH3 is 2. The SMILES string of the molecule is CCC=C1CC=CC=CC(OC)C(O)C(O)C(C)C=CC(OC)C(C)C=CC=C(C)C=CC(=O)O1. The van der Waals surface area contributed by atoms with Crippen LogP contribution in [-0.2, 0) is 19.0 Å². The highest BCUT2D eigenvalue weighted by Crippen LogP contribution is 2.18. The zero-order chi connectivity index (χ0) is 26.2. The van der Waals surface area contributed by atoms with Crippen LogP contribution in [0.3, 0.4) is 0 Å². The molecule has 6 nitrogen and oxygen atoms in total. The number of hydrogen-bond acceptors (Lipinski definition) is 6. The fourth-order valence-electron chi connectivity index (χ4n) is 3.45. The maximum absolute atomic E-state index is 12.2. The van der Waals surface area contributed by atoms with Gasteiger partial charge in [-0.3, -0.25) is 0 Å². The molecule has 6 atom stereocenters. The molecule has 0 bridgehead atoms. The van der Waals surface area contributed by atoms with E-state index in [4.69, 9.17) is 14.2 Å². The summed E-state index contributed by atoms with van der Waals surface area (Å²) in [4.78, 5) is 12.2. The smallest absolute Gasteiger partial charge is 0.335 e. The first kappa shape index (κ1) is 30.5. The molecule has 0 saturated carbocycles. The predicted octanol–water partition coefficient (Wildman–Crippen LogP) is 4.98. The molecule has 0 amide bonds. The molecule has 1 heterocycles. The zero-order valence-corrected chi connectivity index (χ0v) is 21.8. The van der Waals surface area contributed by atoms with Crippen molar-refractivity contribution >= 4 is 5.97 Å². The Labute approximate surface area is 210 Å². The van der Waals surface area contributed by atoms with Crippen LogP contribution in [0.25, 0.3) is 0 Å². The van der Waals surface area contributed by atoms with Crippen LogP contribution in [0.5, 0.6) is 0 Å². The van der Waals surface area contributed by atoms with Crippen molar-refractivity contribution in [3.05, 3.63) is 84.2 Å². The molecule has 0 aliphatic carbocycles. The third-order valence-corrected chi connectivity index (χ3v) is 5.68. The van der Waals surface area contributed by atoms with E-state index in [9.17, 15) is 15.0 Å². The Kier molecular flexibility index (Phi) is 14.8. The van der Waals surface area contributed by atoms with E-state index in [0.717, 1.165) is 12.0 Å². The summed E-state index contributed by atoms with van der Waals surface area (Å²) in [5.41, 5.74) is 0.904. The zero-order valence-electron chi connectivity index (χ0n) is 21.8. The number of rotatable bonds is 3. The first-order valence-electron chi connectivity index (χ1n) is 12.1. The number of aliphatic hydroxyl groups excluding tert-OH is 2. The fourth-order valence-corrected chi connectivity index (χ4v) is 3.45. The average molecular weight is 487 g/mol. The minimum Gasteiger partial charge on any atom is -0.428 e. The third-order valence-electron chi connectivity index (χ3n) is 5.68. The summed E-state index contributed by atoms with van der Waals surface area (Å²) in [7, 11) is 3.12. The summed E-state index contributed by atoms with van der Waals surface area (Å²) in [6, 6.07) is 0. The summed E-state index contributed by atoms with van der Waals surface area (Å²) in [6.07, 6.45) is 19.8. The lowest BCUT2D eigenvalue weighted by atomic mass is 9.94. The molecule has 1 aliphatic rings. The number of aliphatic hydroxyl groups is 2. The molecule has 35 heavy (non-hydrogen) atoms. The van der Waals surface area contributed by atoms with E-state index in [2.05, 4.69) is 0 Å². The molecule has 1 aliphatic heterocycles. The van der Waals surface area contributed by atoms with Crippen molar-refractivity contribution in [2.75, 3.05) is 14.2 Å². The Morgan fingerprint density at radius 2 is 1.66 bits per heavy atom. The van der Waals surface area contributed by atoms with E-state index in [-0.39, 0.29) is 17.9 Å². The summed E-state index contributed by atoms with van der Waals surface area (Å²) in [6.45, 7) is 7.75. The van der Waals surface area contributed by atoms with Crippen LogP contribution in [-0.4, -0.2) is 54.8 Å². The molecule has 0 fully saturated rings. The van der Waals surface area contributed by atoms with Crippen molar-refractivity contribution in [3.8, 4) is 0 Å². The second-order valence-corrected chi connectivity index (χ2v) is 8.63. The van der Waals surface area contributed by atoms with Crippen LogP contribution < -0.4 is 0 Å². The van der Waals surface area contributed by atoms with Gasteiger partial charge >= 0.3 is 5.97 Å². The minimum atomic E-state index is -1.11. The van der Waals surface area contributed by atoms with Gasteiger partial charge in [0.05, 0.1) is 12.2 Å². The number of hydrogen-bond donors (Lipinski definition) is 2. The molecule has 6 unspecified atom stereocenters. The highest BCUT2D eigenvalue weighted by Gasteiger charge is 2.28. The highest BCUT2D eigenvalue weighted by molar-refractivity contribution is 5.83. The van der Waals surface area contributed by atoms with Crippen molar-refractivity contribution in [2.45, 2.75) is 65.0 Å². The molecule has 0 aromatic carbocycles. The first-order chi connectivity index (χ1) is 16.7. The van der Waals surface area contributed by atoms with Crippen molar-refractivity contribution in [1.29, 1.82) is 0 Å². The number of allylic oxidation sites excluding steroid dienone is 8. The van der Waals surface area contributed by atoms with E-state index < -0.39 is 24.3 Å². The Bertz CT molecular complexity index is 845. The molecular formula is C29H42O6. The summed E-state index contributed by atoms with van der Waals surface area (Å²) < 4.78 is 16.5. The molecule has 0 aromatic rings. The molecule has 1 rings (SSSR count). The molecule has 6 heteroatoms. The number of esters is 1. The molecule has 194 valence electrons. The Morgan fingerprint density at radius 3 is 2.31 bits per heavy atom. The van der Waals surface area contributed by atoms with Gasteiger partial charge in [-0.2, -0.15) is 0 Å². The largest absolute Gasteiger partial charge is 0.428 e. The van der Waals surface area contributed by atoms with E-state index in [1.165, 1.54) is 13.2 Å². The van der Waals surface area contributed by atoms with Crippen LogP contribution in [0, 0.1) is 11.8 Å². The van der Waals surface area contributed by atoms with Crippen LogP contribution in [0.4, 0.5) is 0 Å². The standard InChI is InChI=1S/C29H42O6/c1-7-12-24-15-9-8-10-16-26(34-6)29(32)28(31)23(4)18-19-25(33-5)22(3)14-11-13-21(2)17-20-27(30)35-24/h8-14,16-20,22-23,25-26,28-29,31-32H,7,15H2,1-6H3. The third kappa shape index (κ3) is 11.6. The monoisotopic (exact) mass is 486 g/mol. The van der Waals surface area contributed by atoms with Crippen LogP contribution in [0.2, 0.25) is 0 Å². The van der Waals surface area contributed by atoms with Gasteiger partial charge in [-0.25, -0.2) is 4.79 Å². The van der Waals surface area contributed by atoms with Crippen LogP contribution in [0.1, 0.15) is 40.5 Å². The van der Waals surface area contributed by atoms with Gasteiger partial charge in [0.2, 0.25) is 0 Å². The summed E-state index contributed by atoms with van der Waals surface area (Å²) in [5.74, 6) is -0.128. The number of carbonyl (C=O) groups is 1. The second kappa shape index (κ2) is 17.0. The van der Waals surface area contributed by atoms with E-state index in [1.807, 2.05) is 70.2 Å². The van der Waals surface area contributed by atoms with E-state index in [1.54, 1.807) is 31.4 Å². The van der Waals surface area contributed by atoms with Gasteiger partial charge in [-0.1, -0.05) is 87.1 Å².